The van der Waals surface area contributed by atoms with E-state index in [0.717, 1.165) is 12.2 Å². The molecule has 0 aromatic carbocycles. The summed E-state index contributed by atoms with van der Waals surface area (Å²) in [5.41, 5.74) is 0. The summed E-state index contributed by atoms with van der Waals surface area (Å²) in [5.74, 6) is -1.08. The van der Waals surface area contributed by atoms with Gasteiger partial charge in [-0.25, -0.2) is 14.2 Å². The zero-order chi connectivity index (χ0) is 14.8. The summed E-state index contributed by atoms with van der Waals surface area (Å²) in [7, 11) is -4.64. The van der Waals surface area contributed by atoms with Gasteiger partial charge >= 0.3 is 19.8 Å². The molecule has 0 amide bonds. The van der Waals surface area contributed by atoms with Gasteiger partial charge in [-0.05, 0) is 6.92 Å². The second-order valence-electron chi connectivity index (χ2n) is 2.80. The second-order valence-corrected chi connectivity index (χ2v) is 3.83. The van der Waals surface area contributed by atoms with Crippen LogP contribution in [0.5, 0.6) is 0 Å². The third-order valence-corrected chi connectivity index (χ3v) is 1.11. The Labute approximate surface area is 104 Å². The van der Waals surface area contributed by atoms with Crippen molar-refractivity contribution in [3.8, 4) is 0 Å². The van der Waals surface area contributed by atoms with Crippen LogP contribution in [0.2, 0.25) is 0 Å². The highest BCUT2D eigenvalue weighted by Crippen LogP contribution is 2.25. The first-order valence-electron chi connectivity index (χ1n) is 4.50. The molecule has 0 heterocycles. The Hall–Kier alpha value is -1.47. The molecule has 0 aliphatic heterocycles. The van der Waals surface area contributed by atoms with E-state index in [1.54, 1.807) is 6.92 Å². The molecule has 1 atom stereocenters. The number of rotatable bonds is 5. The van der Waals surface area contributed by atoms with E-state index in [1.165, 1.54) is 0 Å². The molecule has 9 heteroatoms. The number of phosphoric acid groups is 1. The molecule has 0 radical (unpaired) electrons. The maximum Gasteiger partial charge on any atom is 0.466 e. The highest BCUT2D eigenvalue weighted by molar-refractivity contribution is 7.45. The van der Waals surface area contributed by atoms with E-state index in [2.05, 4.69) is 17.9 Å². The lowest BCUT2D eigenvalue weighted by Crippen LogP contribution is -2.20. The van der Waals surface area contributed by atoms with Crippen molar-refractivity contribution in [2.45, 2.75) is 13.0 Å². The van der Waals surface area contributed by atoms with Crippen LogP contribution in [0.4, 0.5) is 0 Å². The average Bonchev–Trinajstić information content (AvgIpc) is 2.23. The Balaban J connectivity index is 0. The third-order valence-electron chi connectivity index (χ3n) is 1.11. The van der Waals surface area contributed by atoms with E-state index < -0.39 is 25.9 Å². The van der Waals surface area contributed by atoms with Gasteiger partial charge in [0.15, 0.2) is 0 Å². The molecule has 0 aromatic rings. The zero-order valence-electron chi connectivity index (χ0n) is 9.68. The number of carbonyl (C=O) groups is 2. The topological polar surface area (TPSA) is 130 Å². The Morgan fingerprint density at radius 1 is 1.22 bits per heavy atom. The summed E-state index contributed by atoms with van der Waals surface area (Å²) in [6.07, 6.45) is 1.61. The van der Waals surface area contributed by atoms with E-state index in [-0.39, 0.29) is 6.61 Å². The standard InChI is InChI=1S/C9H12O4.H3O4P/c1-4-8(10)12-6-7(3)13-9(11)5-2;1-5(2,3)4/h4-5,7H,1-2,6H2,3H3;(H3,1,2,3,4). The molecule has 0 aliphatic carbocycles. The molecule has 3 N–H and O–H groups in total. The van der Waals surface area contributed by atoms with Crippen molar-refractivity contribution >= 4 is 19.8 Å². The second kappa shape index (κ2) is 9.55. The van der Waals surface area contributed by atoms with Crippen molar-refractivity contribution in [3.05, 3.63) is 25.3 Å². The van der Waals surface area contributed by atoms with Crippen LogP contribution in [0.3, 0.4) is 0 Å². The Bertz CT molecular complexity index is 336. The number of hydrogen-bond acceptors (Lipinski definition) is 5. The molecule has 0 bridgehead atoms. The predicted molar refractivity (Wildman–Crippen MR) is 61.2 cm³/mol. The van der Waals surface area contributed by atoms with Gasteiger partial charge in [-0.15, -0.1) is 0 Å². The fourth-order valence-corrected chi connectivity index (χ4v) is 0.539. The van der Waals surface area contributed by atoms with Crippen molar-refractivity contribution in [1.82, 2.24) is 0 Å². The largest absolute Gasteiger partial charge is 0.466 e. The van der Waals surface area contributed by atoms with Crippen molar-refractivity contribution < 1.29 is 38.3 Å². The lowest BCUT2D eigenvalue weighted by Gasteiger charge is -2.10. The number of carbonyl (C=O) groups excluding carboxylic acids is 2. The summed E-state index contributed by atoms with van der Waals surface area (Å²) in [6.45, 7) is 8.07. The zero-order valence-corrected chi connectivity index (χ0v) is 10.6. The first-order chi connectivity index (χ1) is 8.10. The molecule has 0 aliphatic rings. The molecule has 0 saturated carbocycles. The molecule has 1 unspecified atom stereocenters. The van der Waals surface area contributed by atoms with E-state index in [1.807, 2.05) is 0 Å². The van der Waals surface area contributed by atoms with Gasteiger partial charge in [0.1, 0.15) is 12.7 Å². The minimum Gasteiger partial charge on any atom is -0.459 e. The molecular formula is C9H15O8P. The van der Waals surface area contributed by atoms with Crippen LogP contribution < -0.4 is 0 Å². The first-order valence-corrected chi connectivity index (χ1v) is 6.07. The van der Waals surface area contributed by atoms with Crippen molar-refractivity contribution in [2.75, 3.05) is 6.61 Å². The maximum atomic E-state index is 10.6. The van der Waals surface area contributed by atoms with Gasteiger partial charge in [0.25, 0.3) is 0 Å². The minimum atomic E-state index is -4.64. The SMILES string of the molecule is C=CC(=O)OCC(C)OC(=O)C=C.O=P(O)(O)O. The van der Waals surface area contributed by atoms with Crippen LogP contribution in [0.25, 0.3) is 0 Å². The van der Waals surface area contributed by atoms with Crippen molar-refractivity contribution in [3.63, 3.8) is 0 Å². The number of hydrogen-bond donors (Lipinski definition) is 3. The summed E-state index contributed by atoms with van der Waals surface area (Å²) in [6, 6.07) is 0. The molecule has 8 nitrogen and oxygen atoms in total. The third kappa shape index (κ3) is 20.0. The predicted octanol–water partition coefficient (Wildman–Crippen LogP) is -0.0953. The van der Waals surface area contributed by atoms with Crippen LogP contribution in [0.15, 0.2) is 25.3 Å². The normalized spacial score (nSPS) is 11.3. The quantitative estimate of drug-likeness (QED) is 0.362. The van der Waals surface area contributed by atoms with Crippen LogP contribution >= 0.6 is 7.82 Å². The minimum absolute atomic E-state index is 0.0183. The van der Waals surface area contributed by atoms with Crippen LogP contribution in [-0.4, -0.2) is 39.3 Å². The van der Waals surface area contributed by atoms with Gasteiger partial charge in [-0.2, -0.15) is 0 Å². The molecule has 104 valence electrons. The van der Waals surface area contributed by atoms with Gasteiger partial charge in [0, 0.05) is 12.2 Å². The molecule has 0 fully saturated rings. The first kappa shape index (κ1) is 18.9. The lowest BCUT2D eigenvalue weighted by atomic mass is 10.4. The molecular weight excluding hydrogens is 267 g/mol. The molecule has 0 rings (SSSR count). The van der Waals surface area contributed by atoms with E-state index >= 15 is 0 Å². The van der Waals surface area contributed by atoms with E-state index in [4.69, 9.17) is 24.0 Å². The van der Waals surface area contributed by atoms with E-state index in [0.29, 0.717) is 0 Å². The summed E-state index contributed by atoms with van der Waals surface area (Å²) < 4.78 is 18.2. The van der Waals surface area contributed by atoms with Crippen LogP contribution in [-0.2, 0) is 23.6 Å². The van der Waals surface area contributed by atoms with Gasteiger partial charge in [-0.3, -0.25) is 0 Å². The van der Waals surface area contributed by atoms with Gasteiger partial charge in [0.05, 0.1) is 0 Å². The summed E-state index contributed by atoms with van der Waals surface area (Å²) in [4.78, 5) is 42.8. The van der Waals surface area contributed by atoms with Crippen LogP contribution in [0, 0.1) is 0 Å². The smallest absolute Gasteiger partial charge is 0.459 e. The molecule has 0 aromatic heterocycles. The average molecular weight is 282 g/mol. The molecule has 18 heavy (non-hydrogen) atoms. The number of esters is 2. The summed E-state index contributed by atoms with van der Waals surface area (Å²) in [5, 5.41) is 0. The Morgan fingerprint density at radius 3 is 1.94 bits per heavy atom. The van der Waals surface area contributed by atoms with Crippen molar-refractivity contribution in [2.24, 2.45) is 0 Å². The van der Waals surface area contributed by atoms with Gasteiger partial charge in [-0.1, -0.05) is 13.2 Å². The lowest BCUT2D eigenvalue weighted by molar-refractivity contribution is -0.151. The van der Waals surface area contributed by atoms with Crippen LogP contribution in [0.1, 0.15) is 6.92 Å². The number of ether oxygens (including phenoxy) is 2. The Morgan fingerprint density at radius 2 is 1.61 bits per heavy atom. The highest BCUT2D eigenvalue weighted by atomic mass is 31.2. The molecule has 0 saturated heterocycles. The van der Waals surface area contributed by atoms with E-state index in [9.17, 15) is 9.59 Å². The fourth-order valence-electron chi connectivity index (χ4n) is 0.539. The highest BCUT2D eigenvalue weighted by Gasteiger charge is 2.07. The monoisotopic (exact) mass is 282 g/mol. The van der Waals surface area contributed by atoms with Gasteiger partial charge < -0.3 is 24.2 Å². The summed E-state index contributed by atoms with van der Waals surface area (Å²) >= 11 is 0. The van der Waals surface area contributed by atoms with Crippen molar-refractivity contribution in [1.29, 1.82) is 0 Å². The van der Waals surface area contributed by atoms with Gasteiger partial charge in [0.2, 0.25) is 0 Å². The maximum absolute atomic E-state index is 10.6. The Kier molecular flexibility index (Phi) is 10.0. The fraction of sp³-hybridized carbons (Fsp3) is 0.333. The molecule has 0 spiro atoms.